The van der Waals surface area contributed by atoms with Crippen molar-refractivity contribution < 1.29 is 9.59 Å². The summed E-state index contributed by atoms with van der Waals surface area (Å²) in [6, 6.07) is 20.0. The van der Waals surface area contributed by atoms with Crippen LogP contribution in [0.4, 0.5) is 16.2 Å². The Balaban J connectivity index is 1.48. The summed E-state index contributed by atoms with van der Waals surface area (Å²) >= 11 is 5.91. The molecule has 1 heterocycles. The van der Waals surface area contributed by atoms with Crippen LogP contribution in [0.25, 0.3) is 0 Å². The maximum absolute atomic E-state index is 13.3. The number of rotatable bonds is 6. The SMILES string of the molecule is Cc1ccccc1C(NC(=O)Nc1ccc(Cl)cc1)C(=O)Nc1ccc(C(=N)N2CCCC2)cc1. The van der Waals surface area contributed by atoms with E-state index in [4.69, 9.17) is 17.0 Å². The first-order chi connectivity index (χ1) is 16.9. The van der Waals surface area contributed by atoms with Gasteiger partial charge in [-0.2, -0.15) is 0 Å². The Kier molecular flexibility index (Phi) is 7.67. The average molecular weight is 490 g/mol. The van der Waals surface area contributed by atoms with Crippen LogP contribution in [0.5, 0.6) is 0 Å². The van der Waals surface area contributed by atoms with Gasteiger partial charge in [0, 0.05) is 35.1 Å². The molecule has 1 unspecified atom stereocenters. The van der Waals surface area contributed by atoms with Gasteiger partial charge in [0.1, 0.15) is 11.9 Å². The summed E-state index contributed by atoms with van der Waals surface area (Å²) in [5, 5.41) is 17.4. The third kappa shape index (κ3) is 6.19. The van der Waals surface area contributed by atoms with Gasteiger partial charge in [0.25, 0.3) is 5.91 Å². The zero-order chi connectivity index (χ0) is 24.8. The number of hydrogen-bond donors (Lipinski definition) is 4. The van der Waals surface area contributed by atoms with Gasteiger partial charge in [-0.3, -0.25) is 10.2 Å². The van der Waals surface area contributed by atoms with Crippen molar-refractivity contribution in [3.05, 3.63) is 94.5 Å². The van der Waals surface area contributed by atoms with Gasteiger partial charge in [0.2, 0.25) is 0 Å². The Morgan fingerprint density at radius 1 is 0.886 bits per heavy atom. The van der Waals surface area contributed by atoms with Crippen molar-refractivity contribution in [3.8, 4) is 0 Å². The highest BCUT2D eigenvalue weighted by atomic mass is 35.5. The molecular weight excluding hydrogens is 462 g/mol. The van der Waals surface area contributed by atoms with Crippen LogP contribution >= 0.6 is 11.6 Å². The Morgan fingerprint density at radius 2 is 1.49 bits per heavy atom. The summed E-state index contributed by atoms with van der Waals surface area (Å²) in [6.45, 7) is 3.70. The van der Waals surface area contributed by atoms with Crippen molar-refractivity contribution in [3.63, 3.8) is 0 Å². The number of nitrogens with zero attached hydrogens (tertiary/aromatic N) is 1. The number of urea groups is 1. The lowest BCUT2D eigenvalue weighted by molar-refractivity contribution is -0.118. The number of benzene rings is 3. The lowest BCUT2D eigenvalue weighted by Gasteiger charge is -2.21. The number of carbonyl (C=O) groups excluding carboxylic acids is 2. The van der Waals surface area contributed by atoms with Crippen molar-refractivity contribution in [2.24, 2.45) is 0 Å². The number of anilines is 2. The van der Waals surface area contributed by atoms with E-state index in [2.05, 4.69) is 20.9 Å². The number of aryl methyl sites for hydroxylation is 1. The summed E-state index contributed by atoms with van der Waals surface area (Å²) in [5.74, 6) is 0.131. The summed E-state index contributed by atoms with van der Waals surface area (Å²) in [4.78, 5) is 28.1. The molecule has 0 radical (unpaired) electrons. The minimum atomic E-state index is -0.911. The molecule has 1 fully saturated rings. The van der Waals surface area contributed by atoms with E-state index in [1.54, 1.807) is 36.4 Å². The van der Waals surface area contributed by atoms with Crippen molar-refractivity contribution in [2.45, 2.75) is 25.8 Å². The molecule has 8 heteroatoms. The number of carbonyl (C=O) groups is 2. The molecule has 1 aliphatic rings. The van der Waals surface area contributed by atoms with Crippen molar-refractivity contribution >= 4 is 40.7 Å². The summed E-state index contributed by atoms with van der Waals surface area (Å²) < 4.78 is 0. The third-order valence-electron chi connectivity index (χ3n) is 5.99. The smallest absolute Gasteiger partial charge is 0.320 e. The Morgan fingerprint density at radius 3 is 2.14 bits per heavy atom. The van der Waals surface area contributed by atoms with E-state index in [1.165, 1.54) is 0 Å². The maximum Gasteiger partial charge on any atom is 0.320 e. The largest absolute Gasteiger partial charge is 0.357 e. The third-order valence-corrected chi connectivity index (χ3v) is 6.24. The first-order valence-corrected chi connectivity index (χ1v) is 11.9. The molecule has 180 valence electrons. The van der Waals surface area contributed by atoms with Crippen LogP contribution in [0, 0.1) is 12.3 Å². The summed E-state index contributed by atoms with van der Waals surface area (Å²) in [6.07, 6.45) is 2.21. The second kappa shape index (κ2) is 11.1. The van der Waals surface area contributed by atoms with Crippen LogP contribution in [0.3, 0.4) is 0 Å². The van der Waals surface area contributed by atoms with E-state index in [0.717, 1.165) is 37.1 Å². The lowest BCUT2D eigenvalue weighted by Crippen LogP contribution is -2.39. The number of amides is 3. The van der Waals surface area contributed by atoms with Gasteiger partial charge in [-0.25, -0.2) is 4.79 Å². The van der Waals surface area contributed by atoms with E-state index in [-0.39, 0.29) is 5.91 Å². The monoisotopic (exact) mass is 489 g/mol. The zero-order valence-electron chi connectivity index (χ0n) is 19.5. The van der Waals surface area contributed by atoms with Crippen LogP contribution in [0.2, 0.25) is 5.02 Å². The molecule has 35 heavy (non-hydrogen) atoms. The second-order valence-corrected chi connectivity index (χ2v) is 8.94. The molecule has 0 aromatic heterocycles. The van der Waals surface area contributed by atoms with Gasteiger partial charge in [0.15, 0.2) is 0 Å². The Hall–Kier alpha value is -3.84. The topological polar surface area (TPSA) is 97.3 Å². The second-order valence-electron chi connectivity index (χ2n) is 8.50. The summed E-state index contributed by atoms with van der Waals surface area (Å²) in [5.41, 5.74) is 3.54. The van der Waals surface area contributed by atoms with E-state index < -0.39 is 12.1 Å². The molecular formula is C27H28ClN5O2. The number of nitrogens with one attached hydrogen (secondary N) is 4. The fraction of sp³-hybridized carbons (Fsp3) is 0.222. The molecule has 0 spiro atoms. The number of amidine groups is 1. The van der Waals surface area contributed by atoms with Gasteiger partial charge in [-0.15, -0.1) is 0 Å². The average Bonchev–Trinajstić information content (AvgIpc) is 3.40. The summed E-state index contributed by atoms with van der Waals surface area (Å²) in [7, 11) is 0. The van der Waals surface area contributed by atoms with E-state index in [1.807, 2.05) is 43.3 Å². The quantitative estimate of drug-likeness (QED) is 0.269. The molecule has 1 aliphatic heterocycles. The minimum Gasteiger partial charge on any atom is -0.357 e. The predicted octanol–water partition coefficient (Wildman–Crippen LogP) is 5.57. The normalized spacial score (nSPS) is 13.7. The van der Waals surface area contributed by atoms with Gasteiger partial charge in [-0.05, 0) is 79.4 Å². The number of hydrogen-bond acceptors (Lipinski definition) is 3. The van der Waals surface area contributed by atoms with Gasteiger partial charge >= 0.3 is 6.03 Å². The van der Waals surface area contributed by atoms with Gasteiger partial charge in [0.05, 0.1) is 0 Å². The van der Waals surface area contributed by atoms with Crippen LogP contribution in [-0.4, -0.2) is 35.8 Å². The molecule has 0 saturated carbocycles. The van der Waals surface area contributed by atoms with E-state index in [9.17, 15) is 9.59 Å². The molecule has 4 N–H and O–H groups in total. The van der Waals surface area contributed by atoms with E-state index in [0.29, 0.717) is 27.8 Å². The molecule has 1 atom stereocenters. The van der Waals surface area contributed by atoms with Gasteiger partial charge < -0.3 is 20.9 Å². The van der Waals surface area contributed by atoms with Crippen molar-refractivity contribution in [1.29, 1.82) is 5.41 Å². The molecule has 7 nitrogen and oxygen atoms in total. The van der Waals surface area contributed by atoms with Crippen LogP contribution in [-0.2, 0) is 4.79 Å². The molecule has 3 aromatic rings. The highest BCUT2D eigenvalue weighted by molar-refractivity contribution is 6.30. The Bertz CT molecular complexity index is 1210. The number of likely N-dealkylation sites (tertiary alicyclic amines) is 1. The van der Waals surface area contributed by atoms with Gasteiger partial charge in [-0.1, -0.05) is 35.9 Å². The molecule has 3 aromatic carbocycles. The Labute approximate surface area is 210 Å². The fourth-order valence-corrected chi connectivity index (χ4v) is 4.20. The lowest BCUT2D eigenvalue weighted by atomic mass is 10.0. The predicted molar refractivity (Wildman–Crippen MR) is 140 cm³/mol. The minimum absolute atomic E-state index is 0.368. The highest BCUT2D eigenvalue weighted by Gasteiger charge is 2.25. The molecule has 0 bridgehead atoms. The first kappa shape index (κ1) is 24.3. The molecule has 0 aliphatic carbocycles. The van der Waals surface area contributed by atoms with Crippen molar-refractivity contribution in [2.75, 3.05) is 23.7 Å². The molecule has 1 saturated heterocycles. The van der Waals surface area contributed by atoms with Crippen LogP contribution < -0.4 is 16.0 Å². The first-order valence-electron chi connectivity index (χ1n) is 11.5. The van der Waals surface area contributed by atoms with Crippen molar-refractivity contribution in [1.82, 2.24) is 10.2 Å². The molecule has 3 amide bonds. The van der Waals surface area contributed by atoms with E-state index >= 15 is 0 Å². The number of halogens is 1. The van der Waals surface area contributed by atoms with Crippen LogP contribution in [0.15, 0.2) is 72.8 Å². The molecule has 4 rings (SSSR count). The van der Waals surface area contributed by atoms with Crippen LogP contribution in [0.1, 0.15) is 35.6 Å². The zero-order valence-corrected chi connectivity index (χ0v) is 20.2. The highest BCUT2D eigenvalue weighted by Crippen LogP contribution is 2.22. The fourth-order valence-electron chi connectivity index (χ4n) is 4.08. The standard InChI is InChI=1S/C27H28ClN5O2/c1-18-6-2-3-7-23(18)24(32-27(35)31-22-14-10-20(28)11-15-22)26(34)30-21-12-8-19(9-13-21)25(29)33-16-4-5-17-33/h2-3,6-15,24,29H,4-5,16-17H2,1H3,(H,30,34)(H2,31,32,35). The maximum atomic E-state index is 13.3.